The van der Waals surface area contributed by atoms with Gasteiger partial charge >= 0.3 is 0 Å². The lowest BCUT2D eigenvalue weighted by molar-refractivity contribution is -0.133. The number of hydrogen-bond donors (Lipinski definition) is 0. The highest BCUT2D eigenvalue weighted by molar-refractivity contribution is 5.74. The van der Waals surface area contributed by atoms with E-state index in [1.807, 2.05) is 35.2 Å². The summed E-state index contributed by atoms with van der Waals surface area (Å²) in [6.45, 7) is 5.83. The first-order chi connectivity index (χ1) is 11.0. The summed E-state index contributed by atoms with van der Waals surface area (Å²) in [4.78, 5) is 14.2. The molecule has 2 atom stereocenters. The molecule has 1 amide bonds. The Bertz CT molecular complexity index is 622. The predicted molar refractivity (Wildman–Crippen MR) is 93.5 cm³/mol. The zero-order valence-corrected chi connectivity index (χ0v) is 14.3. The standard InChI is InChI=1S/C20H25NO2/c1-15(14-18-10-12-20(23-4)13-11-18)21(17(3)22)16(2)19-8-6-5-7-9-19/h5-13,15-16H,14H2,1-4H3/t15-,16?/m1/s1. The second kappa shape index (κ2) is 7.82. The quantitative estimate of drug-likeness (QED) is 0.798. The van der Waals surface area contributed by atoms with Crippen LogP contribution in [0.5, 0.6) is 5.75 Å². The first kappa shape index (κ1) is 17.1. The van der Waals surface area contributed by atoms with Crippen LogP contribution in [0.1, 0.15) is 37.9 Å². The number of rotatable bonds is 6. The first-order valence-electron chi connectivity index (χ1n) is 7.99. The third-order valence-corrected chi connectivity index (χ3v) is 4.23. The van der Waals surface area contributed by atoms with Crippen LogP contribution in [0.2, 0.25) is 0 Å². The van der Waals surface area contributed by atoms with E-state index in [2.05, 4.69) is 38.1 Å². The number of carbonyl (C=O) groups excluding carboxylic acids is 1. The van der Waals surface area contributed by atoms with E-state index >= 15 is 0 Å². The molecule has 0 aliphatic carbocycles. The molecule has 0 heterocycles. The molecule has 2 aromatic rings. The molecular formula is C20H25NO2. The lowest BCUT2D eigenvalue weighted by Crippen LogP contribution is -2.40. The van der Waals surface area contributed by atoms with Gasteiger partial charge in [-0.2, -0.15) is 0 Å². The van der Waals surface area contributed by atoms with Gasteiger partial charge in [-0.1, -0.05) is 42.5 Å². The summed E-state index contributed by atoms with van der Waals surface area (Å²) in [5, 5.41) is 0. The zero-order valence-electron chi connectivity index (χ0n) is 14.3. The Balaban J connectivity index is 2.14. The average Bonchev–Trinajstić information content (AvgIpc) is 2.56. The average molecular weight is 311 g/mol. The fourth-order valence-corrected chi connectivity index (χ4v) is 3.06. The Kier molecular flexibility index (Phi) is 5.80. The van der Waals surface area contributed by atoms with Crippen LogP contribution in [-0.2, 0) is 11.2 Å². The van der Waals surface area contributed by atoms with E-state index in [1.165, 1.54) is 5.56 Å². The van der Waals surface area contributed by atoms with Gasteiger partial charge in [0.1, 0.15) is 5.75 Å². The van der Waals surface area contributed by atoms with Crippen LogP contribution in [0.4, 0.5) is 0 Å². The summed E-state index contributed by atoms with van der Waals surface area (Å²) in [5.74, 6) is 0.949. The molecule has 2 rings (SSSR count). The number of nitrogens with zero attached hydrogens (tertiary/aromatic N) is 1. The molecule has 23 heavy (non-hydrogen) atoms. The van der Waals surface area contributed by atoms with E-state index in [0.29, 0.717) is 0 Å². The first-order valence-corrected chi connectivity index (χ1v) is 7.99. The van der Waals surface area contributed by atoms with Crippen LogP contribution in [-0.4, -0.2) is 24.0 Å². The molecule has 3 heteroatoms. The van der Waals surface area contributed by atoms with Crippen molar-refractivity contribution in [1.82, 2.24) is 4.90 Å². The number of carbonyl (C=O) groups is 1. The second-order valence-corrected chi connectivity index (χ2v) is 5.91. The topological polar surface area (TPSA) is 29.5 Å². The number of amides is 1. The van der Waals surface area contributed by atoms with Gasteiger partial charge in [0.05, 0.1) is 13.2 Å². The maximum absolute atomic E-state index is 12.2. The molecule has 0 radical (unpaired) electrons. The molecular weight excluding hydrogens is 286 g/mol. The Morgan fingerprint density at radius 2 is 1.65 bits per heavy atom. The van der Waals surface area contributed by atoms with Gasteiger partial charge in [-0.15, -0.1) is 0 Å². The van der Waals surface area contributed by atoms with Crippen molar-refractivity contribution in [3.63, 3.8) is 0 Å². The summed E-state index contributed by atoms with van der Waals surface area (Å²) in [5.41, 5.74) is 2.36. The SMILES string of the molecule is COc1ccc(C[C@@H](C)N(C(C)=O)C(C)c2ccccc2)cc1. The van der Waals surface area contributed by atoms with Crippen molar-refractivity contribution in [2.45, 2.75) is 39.3 Å². The smallest absolute Gasteiger partial charge is 0.220 e. The lowest BCUT2D eigenvalue weighted by Gasteiger charge is -2.34. The summed E-state index contributed by atoms with van der Waals surface area (Å²) in [7, 11) is 1.66. The van der Waals surface area contributed by atoms with Gasteiger partial charge in [0.25, 0.3) is 0 Å². The normalized spacial score (nSPS) is 13.2. The number of ether oxygens (including phenoxy) is 1. The molecule has 0 spiro atoms. The molecule has 2 aromatic carbocycles. The minimum Gasteiger partial charge on any atom is -0.497 e. The maximum Gasteiger partial charge on any atom is 0.220 e. The molecule has 0 bridgehead atoms. The van der Waals surface area contributed by atoms with Gasteiger partial charge in [-0.25, -0.2) is 0 Å². The third-order valence-electron chi connectivity index (χ3n) is 4.23. The van der Waals surface area contributed by atoms with Crippen LogP contribution < -0.4 is 4.74 Å². The van der Waals surface area contributed by atoms with Crippen molar-refractivity contribution in [3.05, 3.63) is 65.7 Å². The van der Waals surface area contributed by atoms with E-state index in [0.717, 1.165) is 17.7 Å². The van der Waals surface area contributed by atoms with Crippen molar-refractivity contribution in [3.8, 4) is 5.75 Å². The summed E-state index contributed by atoms with van der Waals surface area (Å²) in [6, 6.07) is 18.4. The lowest BCUT2D eigenvalue weighted by atomic mass is 10.0. The van der Waals surface area contributed by atoms with E-state index in [-0.39, 0.29) is 18.0 Å². The monoisotopic (exact) mass is 311 g/mol. The highest BCUT2D eigenvalue weighted by Gasteiger charge is 2.24. The molecule has 0 saturated carbocycles. The summed E-state index contributed by atoms with van der Waals surface area (Å²) < 4.78 is 5.19. The molecule has 0 saturated heterocycles. The molecule has 1 unspecified atom stereocenters. The minimum atomic E-state index is 0.0574. The van der Waals surface area contributed by atoms with Crippen molar-refractivity contribution < 1.29 is 9.53 Å². The van der Waals surface area contributed by atoms with Crippen LogP contribution in [0.15, 0.2) is 54.6 Å². The number of methoxy groups -OCH3 is 1. The minimum absolute atomic E-state index is 0.0574. The van der Waals surface area contributed by atoms with Gasteiger partial charge in [0, 0.05) is 13.0 Å². The van der Waals surface area contributed by atoms with E-state index in [9.17, 15) is 4.79 Å². The Hall–Kier alpha value is -2.29. The van der Waals surface area contributed by atoms with Gasteiger partial charge in [-0.05, 0) is 43.5 Å². The molecule has 0 aromatic heterocycles. The van der Waals surface area contributed by atoms with Gasteiger partial charge in [-0.3, -0.25) is 4.79 Å². The largest absolute Gasteiger partial charge is 0.497 e. The molecule has 122 valence electrons. The van der Waals surface area contributed by atoms with Gasteiger partial charge < -0.3 is 9.64 Å². The van der Waals surface area contributed by atoms with Crippen molar-refractivity contribution in [2.24, 2.45) is 0 Å². The Morgan fingerprint density at radius 3 is 2.17 bits per heavy atom. The summed E-state index contributed by atoms with van der Waals surface area (Å²) >= 11 is 0. The molecule has 3 nitrogen and oxygen atoms in total. The Labute approximate surface area is 138 Å². The zero-order chi connectivity index (χ0) is 16.8. The van der Waals surface area contributed by atoms with Crippen LogP contribution >= 0.6 is 0 Å². The fraction of sp³-hybridized carbons (Fsp3) is 0.350. The van der Waals surface area contributed by atoms with Crippen LogP contribution in [0.3, 0.4) is 0 Å². The van der Waals surface area contributed by atoms with Crippen molar-refractivity contribution in [1.29, 1.82) is 0 Å². The molecule has 0 N–H and O–H groups in total. The van der Waals surface area contributed by atoms with E-state index in [4.69, 9.17) is 4.74 Å². The highest BCUT2D eigenvalue weighted by atomic mass is 16.5. The third kappa shape index (κ3) is 4.35. The van der Waals surface area contributed by atoms with Gasteiger partial charge in [0.2, 0.25) is 5.91 Å². The number of hydrogen-bond acceptors (Lipinski definition) is 2. The second-order valence-electron chi connectivity index (χ2n) is 5.91. The molecule has 0 fully saturated rings. The van der Waals surface area contributed by atoms with Crippen molar-refractivity contribution in [2.75, 3.05) is 7.11 Å². The van der Waals surface area contributed by atoms with Crippen LogP contribution in [0, 0.1) is 0 Å². The fourth-order valence-electron chi connectivity index (χ4n) is 3.06. The van der Waals surface area contributed by atoms with Crippen LogP contribution in [0.25, 0.3) is 0 Å². The maximum atomic E-state index is 12.2. The van der Waals surface area contributed by atoms with E-state index in [1.54, 1.807) is 14.0 Å². The van der Waals surface area contributed by atoms with Crippen molar-refractivity contribution >= 4 is 5.91 Å². The van der Waals surface area contributed by atoms with Gasteiger partial charge in [0.15, 0.2) is 0 Å². The Morgan fingerprint density at radius 1 is 1.04 bits per heavy atom. The molecule has 0 aliphatic heterocycles. The summed E-state index contributed by atoms with van der Waals surface area (Å²) in [6.07, 6.45) is 0.820. The molecule has 0 aliphatic rings. The van der Waals surface area contributed by atoms with E-state index < -0.39 is 0 Å². The predicted octanol–water partition coefficient (Wildman–Crippen LogP) is 4.24. The highest BCUT2D eigenvalue weighted by Crippen LogP contribution is 2.24. The number of benzene rings is 2.